The van der Waals surface area contributed by atoms with Crippen molar-refractivity contribution in [3.63, 3.8) is 0 Å². The summed E-state index contributed by atoms with van der Waals surface area (Å²) in [6, 6.07) is 23.1. The molecule has 0 fully saturated rings. The topological polar surface area (TPSA) is 70.9 Å². The van der Waals surface area contributed by atoms with Crippen molar-refractivity contribution in [2.45, 2.75) is 25.6 Å². The number of nitrogens with zero attached hydrogens (tertiary/aromatic N) is 1. The quantitative estimate of drug-likeness (QED) is 0.394. The molecule has 0 saturated heterocycles. The number of aliphatic hydroxyl groups is 1. The highest BCUT2D eigenvalue weighted by molar-refractivity contribution is 9.10. The van der Waals surface area contributed by atoms with Gasteiger partial charge in [-0.05, 0) is 64.7 Å². The van der Waals surface area contributed by atoms with E-state index in [0.29, 0.717) is 11.1 Å². The molecule has 0 radical (unpaired) electrons. The first-order chi connectivity index (χ1) is 14.4. The van der Waals surface area contributed by atoms with Crippen molar-refractivity contribution in [3.05, 3.63) is 100 Å². The summed E-state index contributed by atoms with van der Waals surface area (Å²) in [4.78, 5) is 13.0. The fraction of sp³-hybridized carbons (Fsp3) is 0.167. The van der Waals surface area contributed by atoms with Crippen molar-refractivity contribution in [2.24, 2.45) is 5.10 Å². The van der Waals surface area contributed by atoms with Crippen molar-refractivity contribution < 1.29 is 14.6 Å². The minimum absolute atomic E-state index is 0.0637. The number of hydrogen-bond acceptors (Lipinski definition) is 4. The van der Waals surface area contributed by atoms with Crippen LogP contribution in [0.15, 0.2) is 88.4 Å². The van der Waals surface area contributed by atoms with Gasteiger partial charge >= 0.3 is 0 Å². The second-order valence-corrected chi connectivity index (χ2v) is 7.85. The van der Waals surface area contributed by atoms with E-state index in [1.165, 1.54) is 6.21 Å². The van der Waals surface area contributed by atoms with Gasteiger partial charge in [-0.25, -0.2) is 5.43 Å². The Morgan fingerprint density at radius 1 is 1.03 bits per heavy atom. The van der Waals surface area contributed by atoms with Crippen molar-refractivity contribution >= 4 is 28.1 Å². The monoisotopic (exact) mass is 466 g/mol. The Morgan fingerprint density at radius 2 is 1.60 bits per heavy atom. The molecule has 1 amide bonds. The Balaban J connectivity index is 1.81. The van der Waals surface area contributed by atoms with Gasteiger partial charge in [-0.2, -0.15) is 5.10 Å². The Bertz CT molecular complexity index is 982. The standard InChI is InChI=1S/C24H23BrN2O3/c1-17(2)30-22-14-13-18(15-21(22)25)16-26-27-23(28)24(29,19-9-5-3-6-10-19)20-11-7-4-8-12-20/h3-17,29H,1-2H3,(H,27,28)/b26-16-. The van der Waals surface area contributed by atoms with Gasteiger partial charge in [0.25, 0.3) is 5.91 Å². The lowest BCUT2D eigenvalue weighted by Gasteiger charge is -2.27. The molecule has 0 spiro atoms. The van der Waals surface area contributed by atoms with Crippen LogP contribution in [0.1, 0.15) is 30.5 Å². The SMILES string of the molecule is CC(C)Oc1ccc(/C=N\NC(=O)C(O)(c2ccccc2)c2ccccc2)cc1Br. The van der Waals surface area contributed by atoms with Crippen LogP contribution in [-0.2, 0) is 10.4 Å². The smallest absolute Gasteiger partial charge is 0.281 e. The van der Waals surface area contributed by atoms with Gasteiger partial charge in [0, 0.05) is 0 Å². The third-order valence-electron chi connectivity index (χ3n) is 4.41. The number of nitrogens with one attached hydrogen (secondary N) is 1. The van der Waals surface area contributed by atoms with Gasteiger partial charge in [-0.15, -0.1) is 0 Å². The second-order valence-electron chi connectivity index (χ2n) is 7.00. The molecule has 0 unspecified atom stereocenters. The van der Waals surface area contributed by atoms with Gasteiger partial charge in [-0.1, -0.05) is 60.7 Å². The van der Waals surface area contributed by atoms with Crippen LogP contribution in [0.5, 0.6) is 5.75 Å². The molecule has 0 aliphatic carbocycles. The van der Waals surface area contributed by atoms with Gasteiger partial charge in [0.1, 0.15) is 5.75 Å². The van der Waals surface area contributed by atoms with E-state index >= 15 is 0 Å². The molecule has 3 rings (SSSR count). The van der Waals surface area contributed by atoms with E-state index in [0.717, 1.165) is 15.8 Å². The summed E-state index contributed by atoms with van der Waals surface area (Å²) in [5.41, 5.74) is 2.29. The summed E-state index contributed by atoms with van der Waals surface area (Å²) in [5, 5.41) is 15.4. The molecule has 6 heteroatoms. The van der Waals surface area contributed by atoms with Crippen LogP contribution in [0.3, 0.4) is 0 Å². The number of carbonyl (C=O) groups is 1. The van der Waals surface area contributed by atoms with E-state index in [1.807, 2.05) is 44.2 Å². The lowest BCUT2D eigenvalue weighted by Crippen LogP contribution is -2.43. The van der Waals surface area contributed by atoms with E-state index in [1.54, 1.807) is 48.5 Å². The molecule has 0 heterocycles. The van der Waals surface area contributed by atoms with Crippen LogP contribution >= 0.6 is 15.9 Å². The highest BCUT2D eigenvalue weighted by Crippen LogP contribution is 2.30. The lowest BCUT2D eigenvalue weighted by atomic mass is 9.85. The van der Waals surface area contributed by atoms with Crippen LogP contribution in [0.4, 0.5) is 0 Å². The number of carbonyl (C=O) groups excluding carboxylic acids is 1. The second kappa shape index (κ2) is 9.69. The van der Waals surface area contributed by atoms with Gasteiger partial charge in [0.15, 0.2) is 5.60 Å². The summed E-state index contributed by atoms with van der Waals surface area (Å²) < 4.78 is 6.48. The Labute approximate surface area is 184 Å². The van der Waals surface area contributed by atoms with Crippen molar-refractivity contribution in [1.82, 2.24) is 5.43 Å². The van der Waals surface area contributed by atoms with Crippen molar-refractivity contribution in [1.29, 1.82) is 0 Å². The van der Waals surface area contributed by atoms with E-state index in [4.69, 9.17) is 4.74 Å². The molecule has 0 saturated carbocycles. The first-order valence-corrected chi connectivity index (χ1v) is 10.3. The minimum Gasteiger partial charge on any atom is -0.490 e. The van der Waals surface area contributed by atoms with Crippen molar-refractivity contribution in [3.8, 4) is 5.75 Å². The van der Waals surface area contributed by atoms with Gasteiger partial charge < -0.3 is 9.84 Å². The van der Waals surface area contributed by atoms with Gasteiger partial charge in [0.05, 0.1) is 16.8 Å². The number of ether oxygens (including phenoxy) is 1. The Hall–Kier alpha value is -2.96. The maximum atomic E-state index is 13.0. The van der Waals surface area contributed by atoms with E-state index < -0.39 is 11.5 Å². The van der Waals surface area contributed by atoms with Crippen LogP contribution in [0.25, 0.3) is 0 Å². The summed E-state index contributed by atoms with van der Waals surface area (Å²) in [6.45, 7) is 3.91. The van der Waals surface area contributed by atoms with Crippen LogP contribution in [0.2, 0.25) is 0 Å². The summed E-state index contributed by atoms with van der Waals surface area (Å²) in [6.07, 6.45) is 1.58. The fourth-order valence-electron chi connectivity index (χ4n) is 2.98. The molecule has 2 N–H and O–H groups in total. The number of hydrogen-bond donors (Lipinski definition) is 2. The lowest BCUT2D eigenvalue weighted by molar-refractivity contribution is -0.136. The number of amides is 1. The molecule has 0 aliphatic heterocycles. The molecule has 5 nitrogen and oxygen atoms in total. The number of benzene rings is 3. The molecule has 0 atom stereocenters. The summed E-state index contributed by atoms with van der Waals surface area (Å²) >= 11 is 3.48. The normalized spacial score (nSPS) is 11.6. The molecule has 3 aromatic carbocycles. The van der Waals surface area contributed by atoms with Crippen LogP contribution in [0, 0.1) is 0 Å². The number of rotatable bonds is 7. The van der Waals surface area contributed by atoms with E-state index in [2.05, 4.69) is 26.5 Å². The van der Waals surface area contributed by atoms with E-state index in [-0.39, 0.29) is 6.10 Å². The number of hydrazone groups is 1. The van der Waals surface area contributed by atoms with Gasteiger partial charge in [0.2, 0.25) is 0 Å². The fourth-order valence-corrected chi connectivity index (χ4v) is 3.47. The Kier molecular flexibility index (Phi) is 7.03. The first-order valence-electron chi connectivity index (χ1n) is 9.54. The molecule has 3 aromatic rings. The largest absolute Gasteiger partial charge is 0.490 e. The average Bonchev–Trinajstić information content (AvgIpc) is 2.76. The molecular weight excluding hydrogens is 444 g/mol. The number of halogens is 1. The summed E-state index contributed by atoms with van der Waals surface area (Å²) in [7, 11) is 0. The van der Waals surface area contributed by atoms with Crippen LogP contribution < -0.4 is 10.2 Å². The average molecular weight is 467 g/mol. The predicted octanol–water partition coefficient (Wildman–Crippen LogP) is 4.62. The minimum atomic E-state index is -1.87. The molecule has 0 aliphatic rings. The van der Waals surface area contributed by atoms with E-state index in [9.17, 15) is 9.90 Å². The third kappa shape index (κ3) is 4.96. The highest BCUT2D eigenvalue weighted by atomic mass is 79.9. The zero-order valence-corrected chi connectivity index (χ0v) is 18.3. The maximum absolute atomic E-state index is 13.0. The molecule has 0 aromatic heterocycles. The molecule has 0 bridgehead atoms. The molecule has 30 heavy (non-hydrogen) atoms. The maximum Gasteiger partial charge on any atom is 0.281 e. The third-order valence-corrected chi connectivity index (χ3v) is 5.03. The van der Waals surface area contributed by atoms with Crippen LogP contribution in [-0.4, -0.2) is 23.3 Å². The molecular formula is C24H23BrN2O3. The highest BCUT2D eigenvalue weighted by Gasteiger charge is 2.39. The first kappa shape index (κ1) is 21.7. The Morgan fingerprint density at radius 3 is 2.10 bits per heavy atom. The zero-order valence-electron chi connectivity index (χ0n) is 16.7. The van der Waals surface area contributed by atoms with Gasteiger partial charge in [-0.3, -0.25) is 4.79 Å². The zero-order chi connectivity index (χ0) is 21.6. The molecule has 154 valence electrons. The van der Waals surface area contributed by atoms with Crippen molar-refractivity contribution in [2.75, 3.05) is 0 Å². The predicted molar refractivity (Wildman–Crippen MR) is 122 cm³/mol. The summed E-state index contributed by atoms with van der Waals surface area (Å²) in [5.74, 6) is 0.0868.